The maximum Gasteiger partial charge on any atom is 0.261 e. The molecule has 0 atom stereocenters. The Balaban J connectivity index is 1.46. The van der Waals surface area contributed by atoms with Crippen LogP contribution in [0.1, 0.15) is 47.1 Å². The first-order valence-electron chi connectivity index (χ1n) is 12.1. The second-order valence-electron chi connectivity index (χ2n) is 9.93. The molecule has 0 saturated carbocycles. The molecule has 200 valence electrons. The standard InChI is InChI=1S/C30H28ClN3O4S/c1-30(2,3)21-14-12-20(13-15-21)28(35)32-22-8-7-9-23(18-22)33-29(36)26-19-24(16-17-27(26)31)34-39(37,38)25-10-5-4-6-11-25/h4-19,34H,1-3H3,(H,32,35)(H,33,36). The summed E-state index contributed by atoms with van der Waals surface area (Å²) in [4.78, 5) is 25.9. The van der Waals surface area contributed by atoms with Crippen LogP contribution >= 0.6 is 11.6 Å². The Labute approximate surface area is 233 Å². The molecule has 0 heterocycles. The van der Waals surface area contributed by atoms with Gasteiger partial charge in [-0.25, -0.2) is 8.42 Å². The molecule has 0 bridgehead atoms. The van der Waals surface area contributed by atoms with Gasteiger partial charge >= 0.3 is 0 Å². The van der Waals surface area contributed by atoms with Crippen molar-refractivity contribution in [1.29, 1.82) is 0 Å². The molecular weight excluding hydrogens is 534 g/mol. The summed E-state index contributed by atoms with van der Waals surface area (Å²) in [5.74, 6) is -0.817. The van der Waals surface area contributed by atoms with Crippen molar-refractivity contribution in [3.63, 3.8) is 0 Å². The highest BCUT2D eigenvalue weighted by Crippen LogP contribution is 2.26. The summed E-state index contributed by atoms with van der Waals surface area (Å²) in [6.07, 6.45) is 0. The van der Waals surface area contributed by atoms with Crippen LogP contribution in [0, 0.1) is 0 Å². The maximum absolute atomic E-state index is 13.0. The minimum Gasteiger partial charge on any atom is -0.322 e. The summed E-state index contributed by atoms with van der Waals surface area (Å²) >= 11 is 6.26. The number of anilines is 3. The molecule has 4 aromatic carbocycles. The van der Waals surface area contributed by atoms with E-state index < -0.39 is 15.9 Å². The third-order valence-electron chi connectivity index (χ3n) is 5.91. The summed E-state index contributed by atoms with van der Waals surface area (Å²) in [5, 5.41) is 5.74. The SMILES string of the molecule is CC(C)(C)c1ccc(C(=O)Nc2cccc(NC(=O)c3cc(NS(=O)(=O)c4ccccc4)ccc3Cl)c2)cc1. The van der Waals surface area contributed by atoms with E-state index >= 15 is 0 Å². The number of carbonyl (C=O) groups excluding carboxylic acids is 2. The van der Waals surface area contributed by atoms with E-state index in [2.05, 4.69) is 36.1 Å². The van der Waals surface area contributed by atoms with Crippen LogP contribution in [0.5, 0.6) is 0 Å². The highest BCUT2D eigenvalue weighted by atomic mass is 35.5. The van der Waals surface area contributed by atoms with E-state index in [0.29, 0.717) is 16.9 Å². The first kappa shape index (κ1) is 27.9. The quantitative estimate of drug-likeness (QED) is 0.227. The zero-order valence-corrected chi connectivity index (χ0v) is 23.2. The lowest BCUT2D eigenvalue weighted by molar-refractivity contribution is 0.101. The van der Waals surface area contributed by atoms with E-state index in [1.165, 1.54) is 30.3 Å². The Morgan fingerprint density at radius 1 is 0.692 bits per heavy atom. The zero-order chi connectivity index (χ0) is 28.2. The molecule has 9 heteroatoms. The molecule has 0 fully saturated rings. The van der Waals surface area contributed by atoms with E-state index in [0.717, 1.165) is 5.56 Å². The minimum absolute atomic E-state index is 0.0177. The number of nitrogens with one attached hydrogen (secondary N) is 3. The molecular formula is C30H28ClN3O4S. The number of carbonyl (C=O) groups is 2. The molecule has 4 aromatic rings. The van der Waals surface area contributed by atoms with Crippen molar-refractivity contribution in [3.8, 4) is 0 Å². The van der Waals surface area contributed by atoms with E-state index in [1.807, 2.05) is 12.1 Å². The molecule has 7 nitrogen and oxygen atoms in total. The van der Waals surface area contributed by atoms with Crippen LogP contribution in [0.2, 0.25) is 5.02 Å². The molecule has 0 aliphatic rings. The first-order valence-corrected chi connectivity index (χ1v) is 14.0. The summed E-state index contributed by atoms with van der Waals surface area (Å²) in [6.45, 7) is 6.32. The summed E-state index contributed by atoms with van der Waals surface area (Å²) in [6, 6.07) is 26.3. The van der Waals surface area contributed by atoms with Crippen LogP contribution in [0.3, 0.4) is 0 Å². The van der Waals surface area contributed by atoms with Gasteiger partial charge in [-0.3, -0.25) is 14.3 Å². The van der Waals surface area contributed by atoms with Crippen LogP contribution in [-0.4, -0.2) is 20.2 Å². The van der Waals surface area contributed by atoms with Gasteiger partial charge < -0.3 is 10.6 Å². The van der Waals surface area contributed by atoms with Crippen LogP contribution in [0.15, 0.2) is 102 Å². The molecule has 0 aliphatic heterocycles. The largest absolute Gasteiger partial charge is 0.322 e. The molecule has 39 heavy (non-hydrogen) atoms. The lowest BCUT2D eigenvalue weighted by atomic mass is 9.87. The second kappa shape index (κ2) is 11.3. The predicted molar refractivity (Wildman–Crippen MR) is 156 cm³/mol. The molecule has 0 spiro atoms. The zero-order valence-electron chi connectivity index (χ0n) is 21.7. The Morgan fingerprint density at radius 2 is 1.31 bits per heavy atom. The summed E-state index contributed by atoms with van der Waals surface area (Å²) < 4.78 is 27.8. The molecule has 2 amide bonds. The van der Waals surface area contributed by atoms with Crippen LogP contribution < -0.4 is 15.4 Å². The molecule has 0 aliphatic carbocycles. The number of rotatable bonds is 7. The van der Waals surface area contributed by atoms with Gasteiger partial charge in [0.25, 0.3) is 21.8 Å². The molecule has 0 aromatic heterocycles. The fourth-order valence-corrected chi connectivity index (χ4v) is 5.05. The smallest absolute Gasteiger partial charge is 0.261 e. The Bertz CT molecular complexity index is 1610. The highest BCUT2D eigenvalue weighted by molar-refractivity contribution is 7.92. The maximum atomic E-state index is 13.0. The van der Waals surface area contributed by atoms with Crippen molar-refractivity contribution in [2.24, 2.45) is 0 Å². The van der Waals surface area contributed by atoms with Gasteiger partial charge in [0, 0.05) is 22.6 Å². The fourth-order valence-electron chi connectivity index (χ4n) is 3.77. The number of hydrogen-bond donors (Lipinski definition) is 3. The van der Waals surface area contributed by atoms with Crippen LogP contribution in [0.4, 0.5) is 17.1 Å². The fraction of sp³-hybridized carbons (Fsp3) is 0.133. The number of amides is 2. The number of sulfonamides is 1. The van der Waals surface area contributed by atoms with Gasteiger partial charge in [-0.15, -0.1) is 0 Å². The third kappa shape index (κ3) is 7.04. The number of benzene rings is 4. The molecule has 0 saturated heterocycles. The lowest BCUT2D eigenvalue weighted by Gasteiger charge is -2.19. The van der Waals surface area contributed by atoms with Crippen LogP contribution in [0.25, 0.3) is 0 Å². The van der Waals surface area contributed by atoms with Gasteiger partial charge in [-0.1, -0.05) is 68.8 Å². The first-order chi connectivity index (χ1) is 18.4. The lowest BCUT2D eigenvalue weighted by Crippen LogP contribution is -2.16. The van der Waals surface area contributed by atoms with Gasteiger partial charge in [-0.05, 0) is 71.6 Å². The Kier molecular flexibility index (Phi) is 8.09. The Hall–Kier alpha value is -4.14. The molecule has 3 N–H and O–H groups in total. The van der Waals surface area contributed by atoms with Crippen molar-refractivity contribution in [2.45, 2.75) is 31.1 Å². The highest BCUT2D eigenvalue weighted by Gasteiger charge is 2.18. The van der Waals surface area contributed by atoms with Gasteiger partial charge in [0.2, 0.25) is 0 Å². The van der Waals surface area contributed by atoms with E-state index in [4.69, 9.17) is 11.6 Å². The normalized spacial score (nSPS) is 11.5. The van der Waals surface area contributed by atoms with Gasteiger partial charge in [0.1, 0.15) is 0 Å². The van der Waals surface area contributed by atoms with Gasteiger partial charge in [0.15, 0.2) is 0 Å². The minimum atomic E-state index is -3.84. The average Bonchev–Trinajstić information content (AvgIpc) is 2.90. The second-order valence-corrected chi connectivity index (χ2v) is 12.0. The number of hydrogen-bond acceptors (Lipinski definition) is 4. The van der Waals surface area contributed by atoms with Crippen LogP contribution in [-0.2, 0) is 15.4 Å². The van der Waals surface area contributed by atoms with Crippen molar-refractivity contribution in [2.75, 3.05) is 15.4 Å². The molecule has 4 rings (SSSR count). The van der Waals surface area contributed by atoms with Crippen molar-refractivity contribution >= 4 is 50.5 Å². The van der Waals surface area contributed by atoms with Crippen molar-refractivity contribution in [1.82, 2.24) is 0 Å². The van der Waals surface area contributed by atoms with Gasteiger partial charge in [0.05, 0.1) is 15.5 Å². The monoisotopic (exact) mass is 561 g/mol. The van der Waals surface area contributed by atoms with Crippen molar-refractivity contribution in [3.05, 3.63) is 119 Å². The topological polar surface area (TPSA) is 104 Å². The third-order valence-corrected chi connectivity index (χ3v) is 7.63. The van der Waals surface area contributed by atoms with Gasteiger partial charge in [-0.2, -0.15) is 0 Å². The Morgan fingerprint density at radius 3 is 1.92 bits per heavy atom. The average molecular weight is 562 g/mol. The molecule has 0 radical (unpaired) electrons. The van der Waals surface area contributed by atoms with E-state index in [1.54, 1.807) is 54.6 Å². The summed E-state index contributed by atoms with van der Waals surface area (Å²) in [7, 11) is -3.84. The van der Waals surface area contributed by atoms with Crippen molar-refractivity contribution < 1.29 is 18.0 Å². The summed E-state index contributed by atoms with van der Waals surface area (Å²) in [5.41, 5.74) is 2.81. The van der Waals surface area contributed by atoms with E-state index in [-0.39, 0.29) is 32.5 Å². The molecule has 0 unspecified atom stereocenters. The van der Waals surface area contributed by atoms with E-state index in [9.17, 15) is 18.0 Å². The number of halogens is 1. The predicted octanol–water partition coefficient (Wildman–Crippen LogP) is 6.94.